The molecular weight excluding hydrogens is 513 g/mol. The van der Waals surface area contributed by atoms with Crippen molar-refractivity contribution in [3.63, 3.8) is 0 Å². The Kier molecular flexibility index (Phi) is 7.52. The van der Waals surface area contributed by atoms with Gasteiger partial charge in [0.1, 0.15) is 17.1 Å². The fraction of sp³-hybridized carbons (Fsp3) is 0.519. The highest BCUT2D eigenvalue weighted by molar-refractivity contribution is 6.41. The molecule has 198 valence electrons. The zero-order chi connectivity index (χ0) is 26.3. The van der Waals surface area contributed by atoms with E-state index in [9.17, 15) is 4.79 Å². The lowest BCUT2D eigenvalue weighted by Gasteiger charge is -2.27. The summed E-state index contributed by atoms with van der Waals surface area (Å²) >= 11 is 13.2. The van der Waals surface area contributed by atoms with Crippen LogP contribution in [0.1, 0.15) is 44.9 Å². The standard InChI is InChI=1S/C27H33Cl2N5O3/c1-34-25-16(9-17(26(34)35)22-23(28)20(36-2)12-21(37-3)24(22)29)13-31-27(33-25)32-19-11-15(10-18(19)30)14-7-5-4-6-8-14/h9,12-15,18-19H,4-8,10-11,30H2,1-3H3,(H,31,32,33)/t15?,18-,19+/m0/s1. The third kappa shape index (κ3) is 4.87. The summed E-state index contributed by atoms with van der Waals surface area (Å²) in [4.78, 5) is 22.7. The maximum absolute atomic E-state index is 13.5. The number of nitrogens with one attached hydrogen (secondary N) is 1. The number of hydrogen-bond donors (Lipinski definition) is 2. The zero-order valence-electron chi connectivity index (χ0n) is 21.4. The quantitative estimate of drug-likeness (QED) is 0.426. The first kappa shape index (κ1) is 26.1. The fourth-order valence-electron chi connectivity index (χ4n) is 6.05. The average molecular weight is 546 g/mol. The Hall–Kier alpha value is -2.55. The van der Waals surface area contributed by atoms with E-state index in [2.05, 4.69) is 15.3 Å². The van der Waals surface area contributed by atoms with Crippen molar-refractivity contribution in [3.8, 4) is 22.6 Å². The third-order valence-electron chi connectivity index (χ3n) is 8.07. The van der Waals surface area contributed by atoms with Crippen LogP contribution < -0.4 is 26.1 Å². The van der Waals surface area contributed by atoms with Crippen molar-refractivity contribution in [2.75, 3.05) is 19.5 Å². The normalized spacial score (nSPS) is 22.4. The Morgan fingerprint density at radius 3 is 2.35 bits per heavy atom. The summed E-state index contributed by atoms with van der Waals surface area (Å²) in [5.41, 5.74) is 7.38. The maximum Gasteiger partial charge on any atom is 0.259 e. The van der Waals surface area contributed by atoms with Gasteiger partial charge in [0.2, 0.25) is 5.95 Å². The van der Waals surface area contributed by atoms with Gasteiger partial charge < -0.3 is 20.5 Å². The second-order valence-corrected chi connectivity index (χ2v) is 11.0. The molecule has 37 heavy (non-hydrogen) atoms. The summed E-state index contributed by atoms with van der Waals surface area (Å²) < 4.78 is 12.2. The Balaban J connectivity index is 1.47. The number of fused-ring (bicyclic) bond motifs is 1. The minimum Gasteiger partial charge on any atom is -0.495 e. The monoisotopic (exact) mass is 545 g/mol. The van der Waals surface area contributed by atoms with Crippen molar-refractivity contribution >= 4 is 40.2 Å². The predicted octanol–water partition coefficient (Wildman–Crippen LogP) is 5.42. The molecule has 2 heterocycles. The smallest absolute Gasteiger partial charge is 0.259 e. The molecule has 5 rings (SSSR count). The molecular formula is C27H33Cl2N5O3. The van der Waals surface area contributed by atoms with E-state index in [-0.39, 0.29) is 27.7 Å². The van der Waals surface area contributed by atoms with Gasteiger partial charge in [0, 0.05) is 42.3 Å². The number of aryl methyl sites for hydroxylation is 1. The summed E-state index contributed by atoms with van der Waals surface area (Å²) in [5, 5.41) is 4.59. The van der Waals surface area contributed by atoms with Gasteiger partial charge in [-0.15, -0.1) is 0 Å². The summed E-state index contributed by atoms with van der Waals surface area (Å²) in [6.07, 6.45) is 10.4. The number of nitrogens with two attached hydrogens (primary N) is 1. The molecule has 8 nitrogen and oxygen atoms in total. The molecule has 1 aromatic carbocycles. The highest BCUT2D eigenvalue weighted by Crippen LogP contribution is 2.45. The Bertz CT molecular complexity index is 1340. The van der Waals surface area contributed by atoms with Crippen LogP contribution in [0.25, 0.3) is 22.2 Å². The minimum atomic E-state index is -0.300. The van der Waals surface area contributed by atoms with E-state index in [1.54, 1.807) is 25.4 Å². The fourth-order valence-corrected chi connectivity index (χ4v) is 6.76. The van der Waals surface area contributed by atoms with E-state index in [4.69, 9.17) is 38.4 Å². The molecule has 2 saturated carbocycles. The van der Waals surface area contributed by atoms with Gasteiger partial charge in [-0.3, -0.25) is 9.36 Å². The molecule has 0 spiro atoms. The van der Waals surface area contributed by atoms with Crippen LogP contribution in [0.4, 0.5) is 5.95 Å². The summed E-state index contributed by atoms with van der Waals surface area (Å²) in [5.74, 6) is 2.61. The lowest BCUT2D eigenvalue weighted by Crippen LogP contribution is -2.35. The van der Waals surface area contributed by atoms with Gasteiger partial charge in [-0.25, -0.2) is 4.98 Å². The molecule has 0 radical (unpaired) electrons. The van der Waals surface area contributed by atoms with Crippen molar-refractivity contribution in [2.24, 2.45) is 24.6 Å². The first-order chi connectivity index (χ1) is 17.8. The molecule has 3 aromatic rings. The Morgan fingerprint density at radius 1 is 1.03 bits per heavy atom. The lowest BCUT2D eigenvalue weighted by atomic mass is 9.79. The maximum atomic E-state index is 13.5. The lowest BCUT2D eigenvalue weighted by molar-refractivity contribution is 0.249. The second kappa shape index (κ2) is 10.7. The minimum absolute atomic E-state index is 0.0599. The summed E-state index contributed by atoms with van der Waals surface area (Å²) in [6, 6.07) is 3.47. The van der Waals surface area contributed by atoms with Crippen molar-refractivity contribution in [1.29, 1.82) is 0 Å². The van der Waals surface area contributed by atoms with E-state index in [0.29, 0.717) is 45.5 Å². The van der Waals surface area contributed by atoms with Crippen molar-refractivity contribution in [2.45, 2.75) is 57.0 Å². The summed E-state index contributed by atoms with van der Waals surface area (Å²) in [6.45, 7) is 0. The van der Waals surface area contributed by atoms with Crippen LogP contribution in [-0.4, -0.2) is 40.8 Å². The summed E-state index contributed by atoms with van der Waals surface area (Å²) in [7, 11) is 4.66. The average Bonchev–Trinajstić information content (AvgIpc) is 3.28. The van der Waals surface area contributed by atoms with Crippen LogP contribution in [0.3, 0.4) is 0 Å². The molecule has 0 aliphatic heterocycles. The Morgan fingerprint density at radius 2 is 1.70 bits per heavy atom. The zero-order valence-corrected chi connectivity index (χ0v) is 22.9. The van der Waals surface area contributed by atoms with Crippen LogP contribution in [0, 0.1) is 11.8 Å². The number of hydrogen-bond acceptors (Lipinski definition) is 7. The van der Waals surface area contributed by atoms with E-state index >= 15 is 0 Å². The number of aromatic nitrogens is 3. The molecule has 10 heteroatoms. The number of pyridine rings is 1. The molecule has 0 amide bonds. The van der Waals surface area contributed by atoms with Crippen LogP contribution in [-0.2, 0) is 7.05 Å². The van der Waals surface area contributed by atoms with E-state index in [1.165, 1.54) is 50.9 Å². The molecule has 3 atom stereocenters. The van der Waals surface area contributed by atoms with Crippen molar-refractivity contribution in [1.82, 2.24) is 14.5 Å². The molecule has 1 unspecified atom stereocenters. The first-order valence-electron chi connectivity index (χ1n) is 12.8. The number of nitrogens with zero attached hydrogens (tertiary/aromatic N) is 3. The van der Waals surface area contributed by atoms with E-state index in [1.807, 2.05) is 0 Å². The number of ether oxygens (including phenoxy) is 2. The van der Waals surface area contributed by atoms with Crippen molar-refractivity contribution in [3.05, 3.63) is 38.7 Å². The predicted molar refractivity (Wildman–Crippen MR) is 148 cm³/mol. The SMILES string of the molecule is COc1cc(OC)c(Cl)c(-c2cc3cnc(N[C@@H]4CC(C5CCCCC5)C[C@@H]4N)nc3n(C)c2=O)c1Cl. The second-order valence-electron chi connectivity index (χ2n) is 10.2. The first-order valence-corrected chi connectivity index (χ1v) is 13.6. The highest BCUT2D eigenvalue weighted by atomic mass is 35.5. The number of halogens is 2. The van der Waals surface area contributed by atoms with Crippen LogP contribution in [0.15, 0.2) is 23.1 Å². The largest absolute Gasteiger partial charge is 0.495 e. The number of anilines is 1. The van der Waals surface area contributed by atoms with Gasteiger partial charge in [0.25, 0.3) is 5.56 Å². The van der Waals surface area contributed by atoms with Crippen LogP contribution in [0.5, 0.6) is 11.5 Å². The molecule has 2 aliphatic rings. The van der Waals surface area contributed by atoms with Gasteiger partial charge in [0.15, 0.2) is 0 Å². The topological polar surface area (TPSA) is 104 Å². The van der Waals surface area contributed by atoms with Gasteiger partial charge in [-0.2, -0.15) is 4.98 Å². The Labute approximate surface area is 226 Å². The van der Waals surface area contributed by atoms with Gasteiger partial charge in [-0.1, -0.05) is 55.3 Å². The van der Waals surface area contributed by atoms with Gasteiger partial charge >= 0.3 is 0 Å². The van der Waals surface area contributed by atoms with Gasteiger partial charge in [0.05, 0.1) is 29.8 Å². The molecule has 2 aromatic heterocycles. The highest BCUT2D eigenvalue weighted by Gasteiger charge is 2.37. The molecule has 0 saturated heterocycles. The number of rotatable bonds is 6. The van der Waals surface area contributed by atoms with Crippen LogP contribution in [0.2, 0.25) is 10.0 Å². The van der Waals surface area contributed by atoms with Gasteiger partial charge in [-0.05, 0) is 30.7 Å². The number of methoxy groups -OCH3 is 2. The molecule has 2 fully saturated rings. The van der Waals surface area contributed by atoms with E-state index < -0.39 is 0 Å². The molecule has 3 N–H and O–H groups in total. The molecule has 0 bridgehead atoms. The van der Waals surface area contributed by atoms with E-state index in [0.717, 1.165) is 18.8 Å². The van der Waals surface area contributed by atoms with Crippen LogP contribution >= 0.6 is 23.2 Å². The third-order valence-corrected chi connectivity index (χ3v) is 8.82. The van der Waals surface area contributed by atoms with Crippen molar-refractivity contribution < 1.29 is 9.47 Å². The molecule has 2 aliphatic carbocycles. The number of benzene rings is 1.